The van der Waals surface area contributed by atoms with Crippen LogP contribution in [0, 0.1) is 0 Å². The van der Waals surface area contributed by atoms with Crippen molar-refractivity contribution in [1.29, 1.82) is 0 Å². The van der Waals surface area contributed by atoms with Crippen LogP contribution in [0.4, 0.5) is 33.6 Å². The Kier molecular flexibility index (Phi) is 93.5. The van der Waals surface area contributed by atoms with Crippen molar-refractivity contribution in [2.24, 2.45) is 0 Å². The van der Waals surface area contributed by atoms with Gasteiger partial charge in [-0.05, 0) is 43.1 Å². The maximum Gasteiger partial charge on any atom is 7.00 e. The third-order valence-electron chi connectivity index (χ3n) is 0. The van der Waals surface area contributed by atoms with Crippen molar-refractivity contribution in [2.45, 2.75) is 0 Å². The standard InChI is InChI=1S/7CH2O3.2Re/c7*2-1(3)4;;/h7*(H2,2,3,4);;/q;;;;;;;2*+7/p-14. The Bertz CT molecular complexity index is 312. The van der Waals surface area contributed by atoms with Gasteiger partial charge in [0.15, 0.2) is 0 Å². The summed E-state index contributed by atoms with van der Waals surface area (Å²) in [6.45, 7) is 0. The smallest absolute Gasteiger partial charge is 0.652 e. The normalized spacial score (nSPS) is 5.60. The number of hydrogen-bond acceptors (Lipinski definition) is 21. The molecule has 0 spiro atoms. The fourth-order valence-electron chi connectivity index (χ4n) is 0. The molecule has 30 heavy (non-hydrogen) atoms. The van der Waals surface area contributed by atoms with Gasteiger partial charge in [-0.1, -0.05) is 0 Å². The van der Waals surface area contributed by atoms with Gasteiger partial charge in [0.1, 0.15) is 0 Å². The zero-order chi connectivity index (χ0) is 25.0. The van der Waals surface area contributed by atoms with Crippen molar-refractivity contribution in [3.8, 4) is 0 Å². The molecule has 0 aromatic carbocycles. The minimum absolute atomic E-state index is 0. The van der Waals surface area contributed by atoms with Crippen LogP contribution in [0.5, 0.6) is 0 Å². The Morgan fingerprint density at radius 1 is 0.233 bits per heavy atom. The first-order valence-corrected chi connectivity index (χ1v) is 4.29. The molecule has 21 nitrogen and oxygen atoms in total. The zero-order valence-electron chi connectivity index (χ0n) is 12.8. The third kappa shape index (κ3) is 911. The van der Waals surface area contributed by atoms with Crippen LogP contribution >= 0.6 is 0 Å². The maximum absolute atomic E-state index is 8.33. The van der Waals surface area contributed by atoms with Crippen LogP contribution in [0.2, 0.25) is 0 Å². The molecule has 0 radical (unpaired) electrons. The summed E-state index contributed by atoms with van der Waals surface area (Å²) in [6.07, 6.45) is -16.3. The molecule has 0 aliphatic carbocycles. The zero-order valence-corrected chi connectivity index (χ0v) is 18.3. The predicted molar refractivity (Wildman–Crippen MR) is 37.8 cm³/mol. The molecule has 0 aromatic rings. The number of hydrogen-bond donors (Lipinski definition) is 0. The van der Waals surface area contributed by atoms with Crippen LogP contribution in [0.15, 0.2) is 0 Å². The molecule has 0 rings (SSSR count). The summed E-state index contributed by atoms with van der Waals surface area (Å²) in [5.74, 6) is 0. The maximum atomic E-state index is 8.33. The SMILES string of the molecule is O=C([O-])[O-].O=C([O-])[O-].O=C([O-])[O-].O=C([O-])[O-].O=C([O-])[O-].O=C([O-])[O-].O=C([O-])[O-].[Re+7].[Re+7]. The summed E-state index contributed by atoms with van der Waals surface area (Å²) in [5, 5.41) is 117. The Morgan fingerprint density at radius 3 is 0.233 bits per heavy atom. The summed E-state index contributed by atoms with van der Waals surface area (Å²) in [5.41, 5.74) is 0. The van der Waals surface area contributed by atoms with Gasteiger partial charge in [0.25, 0.3) is 0 Å². The summed E-state index contributed by atoms with van der Waals surface area (Å²) >= 11 is 0. The van der Waals surface area contributed by atoms with Gasteiger partial charge in [-0.25, -0.2) is 0 Å². The van der Waals surface area contributed by atoms with E-state index in [2.05, 4.69) is 0 Å². The minimum atomic E-state index is -2.33. The summed E-state index contributed by atoms with van der Waals surface area (Å²) in [7, 11) is 0. The average Bonchev–Trinajstić information content (AvgIpc) is 2.20. The molecule has 0 saturated heterocycles. The van der Waals surface area contributed by atoms with E-state index < -0.39 is 43.1 Å². The second-order valence-electron chi connectivity index (χ2n) is 1.75. The number of carboxylic acid groups (broad SMARTS) is 14. The largest absolute Gasteiger partial charge is 7.00 e. The van der Waals surface area contributed by atoms with Gasteiger partial charge in [-0.2, -0.15) is 0 Å². The van der Waals surface area contributed by atoms with Gasteiger partial charge in [0.2, 0.25) is 0 Å². The molecule has 0 heterocycles. The van der Waals surface area contributed by atoms with E-state index in [1.54, 1.807) is 0 Å². The molecule has 23 heteroatoms. The fraction of sp³-hybridized carbons (Fsp3) is 0. The van der Waals surface area contributed by atoms with Crippen LogP contribution in [0.3, 0.4) is 0 Å². The fourth-order valence-corrected chi connectivity index (χ4v) is 0. The molecule has 0 unspecified atom stereocenters. The van der Waals surface area contributed by atoms with E-state index in [-0.39, 0.29) is 40.8 Å². The van der Waals surface area contributed by atoms with Gasteiger partial charge >= 0.3 is 40.8 Å². The van der Waals surface area contributed by atoms with Crippen molar-refractivity contribution < 1.29 is 146 Å². The van der Waals surface area contributed by atoms with Crippen molar-refractivity contribution >= 4 is 43.1 Å². The Balaban J connectivity index is -0.0000000242. The molecular formula is C7O21Re2. The van der Waals surface area contributed by atoms with Gasteiger partial charge in [-0.15, -0.1) is 0 Å². The van der Waals surface area contributed by atoms with E-state index in [0.717, 1.165) is 0 Å². The Morgan fingerprint density at radius 2 is 0.233 bits per heavy atom. The summed E-state index contributed by atoms with van der Waals surface area (Å²) in [6, 6.07) is 0. The summed E-state index contributed by atoms with van der Waals surface area (Å²) in [4.78, 5) is 58.3. The van der Waals surface area contributed by atoms with E-state index >= 15 is 0 Å². The first kappa shape index (κ1) is 56.2. The van der Waals surface area contributed by atoms with Gasteiger partial charge < -0.3 is 105 Å². The minimum Gasteiger partial charge on any atom is -0.652 e. The molecule has 168 valence electrons. The van der Waals surface area contributed by atoms with E-state index in [0.29, 0.717) is 0 Å². The van der Waals surface area contributed by atoms with E-state index in [1.807, 2.05) is 0 Å². The monoisotopic (exact) mass is 794 g/mol. The van der Waals surface area contributed by atoms with Crippen LogP contribution in [-0.4, -0.2) is 43.1 Å². The number of rotatable bonds is 0. The topological polar surface area (TPSA) is 442 Å². The van der Waals surface area contributed by atoms with Crippen LogP contribution in [-0.2, 0) is 40.8 Å². The Hall–Kier alpha value is -3.79. The quantitative estimate of drug-likeness (QED) is 0.220. The first-order chi connectivity index (χ1) is 12.1. The second kappa shape index (κ2) is 49.9. The van der Waals surface area contributed by atoms with Crippen LogP contribution in [0.25, 0.3) is 0 Å². The van der Waals surface area contributed by atoms with Crippen molar-refractivity contribution in [1.82, 2.24) is 0 Å². The summed E-state index contributed by atoms with van der Waals surface area (Å²) < 4.78 is 0. The predicted octanol–water partition coefficient (Wildman–Crippen LogP) is -17.1. The van der Waals surface area contributed by atoms with Gasteiger partial charge in [-0.3, -0.25) is 0 Å². The molecule has 0 atom stereocenters. The molecule has 0 N–H and O–H groups in total. The molecule has 0 bridgehead atoms. The molecule has 0 aromatic heterocycles. The van der Waals surface area contributed by atoms with E-state index in [1.165, 1.54) is 0 Å². The second-order valence-corrected chi connectivity index (χ2v) is 1.75. The molecule has 0 aliphatic rings. The third-order valence-corrected chi connectivity index (χ3v) is 0. The van der Waals surface area contributed by atoms with Crippen molar-refractivity contribution in [3.05, 3.63) is 0 Å². The van der Waals surface area contributed by atoms with Crippen molar-refractivity contribution in [3.63, 3.8) is 0 Å². The average molecular weight is 792 g/mol. The Labute approximate surface area is 189 Å². The van der Waals surface area contributed by atoms with E-state index in [4.69, 9.17) is 105 Å². The molecule has 0 amide bonds. The van der Waals surface area contributed by atoms with Gasteiger partial charge in [0, 0.05) is 0 Å². The molecule has 0 aliphatic heterocycles. The van der Waals surface area contributed by atoms with Crippen molar-refractivity contribution in [2.75, 3.05) is 0 Å². The van der Waals surface area contributed by atoms with E-state index in [9.17, 15) is 0 Å². The van der Waals surface area contributed by atoms with Crippen LogP contribution in [0.1, 0.15) is 0 Å². The van der Waals surface area contributed by atoms with Gasteiger partial charge in [0.05, 0.1) is 0 Å². The molecule has 0 fully saturated rings. The number of carbonyl (C=O) groups is 7. The molecular weight excluding hydrogens is 792 g/mol. The molecule has 0 saturated carbocycles. The number of carbonyl (C=O) groups excluding carboxylic acids is 7. The van der Waals surface area contributed by atoms with Crippen LogP contribution < -0.4 is 71.5 Å². The first-order valence-electron chi connectivity index (χ1n) is 4.29.